The summed E-state index contributed by atoms with van der Waals surface area (Å²) >= 11 is 0. The van der Waals surface area contributed by atoms with Crippen molar-refractivity contribution in [2.75, 3.05) is 20.1 Å². The van der Waals surface area contributed by atoms with Gasteiger partial charge in [-0.15, -0.1) is 24.0 Å². The highest BCUT2D eigenvalue weighted by Crippen LogP contribution is 2.04. The van der Waals surface area contributed by atoms with E-state index < -0.39 is 0 Å². The third-order valence-corrected chi connectivity index (χ3v) is 3.99. The molecule has 2 N–H and O–H groups in total. The van der Waals surface area contributed by atoms with E-state index in [9.17, 15) is 4.79 Å². The quantitative estimate of drug-likeness (QED) is 0.356. The number of benzene rings is 1. The molecule has 1 amide bonds. The molecule has 25 heavy (non-hydrogen) atoms. The zero-order chi connectivity index (χ0) is 17.9. The Balaban J connectivity index is 0.00000576. The molecule has 0 heterocycles. The van der Waals surface area contributed by atoms with Crippen molar-refractivity contribution in [1.82, 2.24) is 15.5 Å². The molecule has 1 aromatic carbocycles. The number of hydrogen-bond donors (Lipinski definition) is 2. The Labute approximate surface area is 169 Å². The van der Waals surface area contributed by atoms with Gasteiger partial charge in [0.2, 0.25) is 5.91 Å². The minimum absolute atomic E-state index is 0. The minimum atomic E-state index is 0. The van der Waals surface area contributed by atoms with Crippen molar-refractivity contribution in [3.05, 3.63) is 35.9 Å². The summed E-state index contributed by atoms with van der Waals surface area (Å²) in [6.07, 6.45) is 0.413. The Morgan fingerprint density at radius 3 is 2.40 bits per heavy atom. The van der Waals surface area contributed by atoms with Crippen LogP contribution in [0.25, 0.3) is 0 Å². The Hall–Kier alpha value is -1.31. The van der Waals surface area contributed by atoms with Crippen LogP contribution in [0, 0.1) is 5.92 Å². The van der Waals surface area contributed by atoms with Crippen molar-refractivity contribution in [2.45, 2.75) is 46.7 Å². The van der Waals surface area contributed by atoms with Crippen molar-refractivity contribution in [2.24, 2.45) is 10.9 Å². The van der Waals surface area contributed by atoms with Crippen molar-refractivity contribution >= 4 is 35.8 Å². The predicted octanol–water partition coefficient (Wildman–Crippen LogP) is 3.25. The number of hydrogen-bond acceptors (Lipinski definition) is 2. The van der Waals surface area contributed by atoms with Gasteiger partial charge in [-0.05, 0) is 25.3 Å². The summed E-state index contributed by atoms with van der Waals surface area (Å²) in [6, 6.07) is 10.3. The average molecular weight is 460 g/mol. The maximum absolute atomic E-state index is 12.2. The summed E-state index contributed by atoms with van der Waals surface area (Å²) < 4.78 is 0. The predicted molar refractivity (Wildman–Crippen MR) is 116 cm³/mol. The highest BCUT2D eigenvalue weighted by Gasteiger charge is 2.11. The lowest BCUT2D eigenvalue weighted by molar-refractivity contribution is -0.130. The van der Waals surface area contributed by atoms with E-state index in [1.165, 1.54) is 0 Å². The highest BCUT2D eigenvalue weighted by atomic mass is 127. The molecule has 1 rings (SSSR count). The van der Waals surface area contributed by atoms with E-state index >= 15 is 0 Å². The van der Waals surface area contributed by atoms with Crippen LogP contribution in [0.2, 0.25) is 0 Å². The summed E-state index contributed by atoms with van der Waals surface area (Å²) in [5.41, 5.74) is 1.14. The SMILES string of the molecule is CCNC(=NCCC(=O)N(C)Cc1ccccc1)NC(C)C(C)C.I. The third kappa shape index (κ3) is 9.67. The van der Waals surface area contributed by atoms with E-state index in [2.05, 4.69) is 36.4 Å². The molecular weight excluding hydrogens is 427 g/mol. The minimum Gasteiger partial charge on any atom is -0.357 e. The number of aliphatic imine (C=N–C) groups is 1. The zero-order valence-electron chi connectivity index (χ0n) is 16.1. The van der Waals surface area contributed by atoms with Gasteiger partial charge in [-0.1, -0.05) is 44.2 Å². The number of carbonyl (C=O) groups excluding carboxylic acids is 1. The Morgan fingerprint density at radius 1 is 1.20 bits per heavy atom. The maximum atomic E-state index is 12.2. The van der Waals surface area contributed by atoms with Gasteiger partial charge in [0.1, 0.15) is 0 Å². The van der Waals surface area contributed by atoms with Gasteiger partial charge in [0.05, 0.1) is 6.54 Å². The Kier molecular flexibility index (Phi) is 12.3. The lowest BCUT2D eigenvalue weighted by Crippen LogP contribution is -2.44. The molecule has 0 spiro atoms. The first kappa shape index (κ1) is 23.7. The molecule has 5 nitrogen and oxygen atoms in total. The molecule has 1 aromatic rings. The second-order valence-corrected chi connectivity index (χ2v) is 6.42. The van der Waals surface area contributed by atoms with E-state index in [1.807, 2.05) is 44.3 Å². The van der Waals surface area contributed by atoms with Crippen LogP contribution in [-0.4, -0.2) is 42.9 Å². The van der Waals surface area contributed by atoms with Crippen molar-refractivity contribution < 1.29 is 4.79 Å². The first-order valence-electron chi connectivity index (χ1n) is 8.76. The summed E-state index contributed by atoms with van der Waals surface area (Å²) in [7, 11) is 1.84. The fourth-order valence-electron chi connectivity index (χ4n) is 2.10. The lowest BCUT2D eigenvalue weighted by Gasteiger charge is -2.21. The molecule has 0 saturated carbocycles. The van der Waals surface area contributed by atoms with Crippen LogP contribution in [0.15, 0.2) is 35.3 Å². The Bertz CT molecular complexity index is 519. The second-order valence-electron chi connectivity index (χ2n) is 6.42. The molecule has 0 radical (unpaired) electrons. The molecule has 0 bridgehead atoms. The van der Waals surface area contributed by atoms with Crippen LogP contribution < -0.4 is 10.6 Å². The standard InChI is InChI=1S/C19H32N4O.HI/c1-6-20-19(22-16(4)15(2)3)21-13-12-18(24)23(5)14-17-10-8-7-9-11-17;/h7-11,15-16H,6,12-14H2,1-5H3,(H2,20,21,22);1H. The smallest absolute Gasteiger partial charge is 0.224 e. The number of halogens is 1. The maximum Gasteiger partial charge on any atom is 0.224 e. The van der Waals surface area contributed by atoms with E-state index in [0.717, 1.165) is 18.1 Å². The van der Waals surface area contributed by atoms with Gasteiger partial charge >= 0.3 is 0 Å². The molecule has 1 unspecified atom stereocenters. The van der Waals surface area contributed by atoms with Gasteiger partial charge in [-0.25, -0.2) is 0 Å². The van der Waals surface area contributed by atoms with E-state index in [4.69, 9.17) is 0 Å². The number of nitrogens with one attached hydrogen (secondary N) is 2. The molecule has 0 fully saturated rings. The number of amides is 1. The highest BCUT2D eigenvalue weighted by molar-refractivity contribution is 14.0. The monoisotopic (exact) mass is 460 g/mol. The Morgan fingerprint density at radius 2 is 1.84 bits per heavy atom. The number of carbonyl (C=O) groups is 1. The average Bonchev–Trinajstić information content (AvgIpc) is 2.55. The second kappa shape index (κ2) is 13.0. The largest absolute Gasteiger partial charge is 0.357 e. The molecule has 6 heteroatoms. The van der Waals surface area contributed by atoms with E-state index in [1.54, 1.807) is 4.90 Å². The molecule has 1 atom stereocenters. The van der Waals surface area contributed by atoms with Gasteiger partial charge in [0.15, 0.2) is 5.96 Å². The van der Waals surface area contributed by atoms with Crippen LogP contribution in [0.1, 0.15) is 39.7 Å². The van der Waals surface area contributed by atoms with Gasteiger partial charge in [0, 0.05) is 32.6 Å². The van der Waals surface area contributed by atoms with Gasteiger partial charge in [0.25, 0.3) is 0 Å². The van der Waals surface area contributed by atoms with E-state index in [0.29, 0.717) is 31.5 Å². The molecule has 0 aliphatic carbocycles. The van der Waals surface area contributed by atoms with Gasteiger partial charge in [-0.3, -0.25) is 9.79 Å². The summed E-state index contributed by atoms with van der Waals surface area (Å²) in [5.74, 6) is 1.40. The molecule has 0 aromatic heterocycles. The normalized spacial score (nSPS) is 12.3. The van der Waals surface area contributed by atoms with Crippen LogP contribution in [0.5, 0.6) is 0 Å². The molecule has 0 aliphatic rings. The molecule has 142 valence electrons. The van der Waals surface area contributed by atoms with Crippen molar-refractivity contribution in [3.8, 4) is 0 Å². The van der Waals surface area contributed by atoms with Crippen LogP contribution in [0.4, 0.5) is 0 Å². The first-order chi connectivity index (χ1) is 11.4. The number of rotatable bonds is 8. The van der Waals surface area contributed by atoms with Gasteiger partial charge < -0.3 is 15.5 Å². The fourth-order valence-corrected chi connectivity index (χ4v) is 2.10. The van der Waals surface area contributed by atoms with Crippen molar-refractivity contribution in [3.63, 3.8) is 0 Å². The van der Waals surface area contributed by atoms with Crippen molar-refractivity contribution in [1.29, 1.82) is 0 Å². The number of nitrogens with zero attached hydrogens (tertiary/aromatic N) is 2. The number of guanidine groups is 1. The zero-order valence-corrected chi connectivity index (χ0v) is 18.4. The van der Waals surface area contributed by atoms with Gasteiger partial charge in [-0.2, -0.15) is 0 Å². The summed E-state index contributed by atoms with van der Waals surface area (Å²) in [6.45, 7) is 10.4. The van der Waals surface area contributed by atoms with Crippen LogP contribution in [-0.2, 0) is 11.3 Å². The lowest BCUT2D eigenvalue weighted by atomic mass is 10.1. The first-order valence-corrected chi connectivity index (χ1v) is 8.76. The summed E-state index contributed by atoms with van der Waals surface area (Å²) in [4.78, 5) is 18.5. The third-order valence-electron chi connectivity index (χ3n) is 3.99. The van der Waals surface area contributed by atoms with Crippen LogP contribution >= 0.6 is 24.0 Å². The molecule has 0 saturated heterocycles. The molecule has 0 aliphatic heterocycles. The summed E-state index contributed by atoms with van der Waals surface area (Å²) in [5, 5.41) is 6.60. The van der Waals surface area contributed by atoms with E-state index in [-0.39, 0.29) is 29.9 Å². The molecular formula is C19H33IN4O. The topological polar surface area (TPSA) is 56.7 Å². The fraction of sp³-hybridized carbons (Fsp3) is 0.579. The van der Waals surface area contributed by atoms with Crippen LogP contribution in [0.3, 0.4) is 0 Å².